The molecule has 0 bridgehead atoms. The summed E-state index contributed by atoms with van der Waals surface area (Å²) in [5.41, 5.74) is -0.603. The van der Waals surface area contributed by atoms with E-state index in [1.165, 1.54) is 0 Å². The molecule has 0 aliphatic heterocycles. The average molecular weight is 366 g/mol. The van der Waals surface area contributed by atoms with Crippen molar-refractivity contribution in [1.29, 1.82) is 0 Å². The van der Waals surface area contributed by atoms with Crippen LogP contribution >= 0.6 is 0 Å². The number of nitrogens with zero attached hydrogens (tertiary/aromatic N) is 1. The summed E-state index contributed by atoms with van der Waals surface area (Å²) < 4.78 is 11.3. The number of hydrogen-bond donors (Lipinski definition) is 3. The molecule has 0 heterocycles. The standard InChI is InChI=1S/C19H30N2O5/c1-19(2,3)26-18(24)20-14-12-15(25-13-8-6-5-7-9-13)17(23)16(14)21(4)10-11-22/h5-9,14-17,22-23H,10-12H2,1-4H3,(H,20,24)/t14-,15-,16+,17+/m1/s1. The molecular formula is C19H30N2O5. The van der Waals surface area contributed by atoms with Gasteiger partial charge in [0.25, 0.3) is 0 Å². The topological polar surface area (TPSA) is 91.3 Å². The van der Waals surface area contributed by atoms with Gasteiger partial charge in [-0.25, -0.2) is 4.79 Å². The monoisotopic (exact) mass is 366 g/mol. The molecule has 0 unspecified atom stereocenters. The van der Waals surface area contributed by atoms with Crippen LogP contribution in [0.1, 0.15) is 27.2 Å². The second kappa shape index (κ2) is 8.70. The molecule has 26 heavy (non-hydrogen) atoms. The van der Waals surface area contributed by atoms with Crippen molar-refractivity contribution in [3.8, 4) is 5.75 Å². The van der Waals surface area contributed by atoms with Gasteiger partial charge < -0.3 is 25.0 Å². The lowest BCUT2D eigenvalue weighted by atomic mass is 10.1. The molecule has 0 radical (unpaired) electrons. The zero-order chi connectivity index (χ0) is 19.3. The molecule has 146 valence electrons. The summed E-state index contributed by atoms with van der Waals surface area (Å²) in [6.07, 6.45) is -1.37. The number of alkyl carbamates (subject to hydrolysis) is 1. The van der Waals surface area contributed by atoms with Crippen molar-refractivity contribution in [1.82, 2.24) is 10.2 Å². The predicted octanol–water partition coefficient (Wildman–Crippen LogP) is 1.38. The molecule has 3 N–H and O–H groups in total. The molecule has 1 fully saturated rings. The third kappa shape index (κ3) is 5.59. The number of para-hydroxylation sites is 1. The maximum absolute atomic E-state index is 12.2. The van der Waals surface area contributed by atoms with Gasteiger partial charge in [0, 0.05) is 13.0 Å². The van der Waals surface area contributed by atoms with Crippen LogP contribution in [0, 0.1) is 0 Å². The minimum absolute atomic E-state index is 0.0386. The second-order valence-electron chi connectivity index (χ2n) is 7.64. The zero-order valence-electron chi connectivity index (χ0n) is 15.9. The Hall–Kier alpha value is -1.83. The number of aliphatic hydroxyl groups is 2. The molecule has 1 aliphatic carbocycles. The van der Waals surface area contributed by atoms with Crippen molar-refractivity contribution in [2.45, 2.75) is 57.1 Å². The number of carbonyl (C=O) groups excluding carboxylic acids is 1. The van der Waals surface area contributed by atoms with Crippen molar-refractivity contribution in [2.75, 3.05) is 20.2 Å². The van der Waals surface area contributed by atoms with E-state index in [2.05, 4.69) is 5.32 Å². The van der Waals surface area contributed by atoms with Crippen LogP contribution in [0.2, 0.25) is 0 Å². The summed E-state index contributed by atoms with van der Waals surface area (Å²) in [6.45, 7) is 5.74. The van der Waals surface area contributed by atoms with Crippen LogP contribution in [0.15, 0.2) is 30.3 Å². The van der Waals surface area contributed by atoms with E-state index in [9.17, 15) is 15.0 Å². The van der Waals surface area contributed by atoms with Gasteiger partial charge in [-0.3, -0.25) is 4.90 Å². The number of carbonyl (C=O) groups is 1. The fourth-order valence-corrected chi connectivity index (χ4v) is 3.26. The van der Waals surface area contributed by atoms with Crippen LogP contribution in [0.4, 0.5) is 4.79 Å². The molecule has 1 aliphatic rings. The number of rotatable bonds is 6. The van der Waals surface area contributed by atoms with Crippen LogP contribution in [0.25, 0.3) is 0 Å². The highest BCUT2D eigenvalue weighted by atomic mass is 16.6. The lowest BCUT2D eigenvalue weighted by molar-refractivity contribution is 0.00939. The highest BCUT2D eigenvalue weighted by Gasteiger charge is 2.46. The van der Waals surface area contributed by atoms with E-state index >= 15 is 0 Å². The van der Waals surface area contributed by atoms with E-state index in [0.29, 0.717) is 18.7 Å². The fourth-order valence-electron chi connectivity index (χ4n) is 3.26. The number of hydrogen-bond acceptors (Lipinski definition) is 6. The first-order valence-corrected chi connectivity index (χ1v) is 8.91. The number of aliphatic hydroxyl groups excluding tert-OH is 2. The Kier molecular flexibility index (Phi) is 6.86. The van der Waals surface area contributed by atoms with Crippen LogP contribution in [0.3, 0.4) is 0 Å². The highest BCUT2D eigenvalue weighted by molar-refractivity contribution is 5.68. The van der Waals surface area contributed by atoms with E-state index in [1.54, 1.807) is 27.8 Å². The summed E-state index contributed by atoms with van der Waals surface area (Å²) in [6, 6.07) is 8.53. The fraction of sp³-hybridized carbons (Fsp3) is 0.632. The molecule has 1 aromatic rings. The molecule has 1 aromatic carbocycles. The minimum atomic E-state index is -0.813. The first-order valence-electron chi connectivity index (χ1n) is 8.91. The molecule has 1 amide bonds. The SMILES string of the molecule is CN(CCO)[C@@H]1[C@@H](O)[C@H](Oc2ccccc2)C[C@H]1NC(=O)OC(C)(C)C. The Bertz CT molecular complexity index is 575. The van der Waals surface area contributed by atoms with Crippen LogP contribution in [0.5, 0.6) is 5.75 Å². The molecule has 0 saturated heterocycles. The number of likely N-dealkylation sites (N-methyl/N-ethyl adjacent to an activating group) is 1. The van der Waals surface area contributed by atoms with Crippen molar-refractivity contribution in [3.63, 3.8) is 0 Å². The Morgan fingerprint density at radius 3 is 2.54 bits per heavy atom. The van der Waals surface area contributed by atoms with Crippen molar-refractivity contribution in [3.05, 3.63) is 30.3 Å². The molecule has 2 rings (SSSR count). The van der Waals surface area contributed by atoms with Gasteiger partial charge in [0.05, 0.1) is 18.7 Å². The third-order valence-corrected chi connectivity index (χ3v) is 4.32. The Morgan fingerprint density at radius 1 is 1.31 bits per heavy atom. The normalized spacial score (nSPS) is 26.0. The van der Waals surface area contributed by atoms with E-state index in [4.69, 9.17) is 9.47 Å². The van der Waals surface area contributed by atoms with Crippen molar-refractivity contribution >= 4 is 6.09 Å². The van der Waals surface area contributed by atoms with Crippen molar-refractivity contribution in [2.24, 2.45) is 0 Å². The summed E-state index contributed by atoms with van der Waals surface area (Å²) >= 11 is 0. The first-order chi connectivity index (χ1) is 12.2. The zero-order valence-corrected chi connectivity index (χ0v) is 15.9. The van der Waals surface area contributed by atoms with Crippen molar-refractivity contribution < 1.29 is 24.5 Å². The number of amides is 1. The minimum Gasteiger partial charge on any atom is -0.488 e. The van der Waals surface area contributed by atoms with Crippen LogP contribution in [-0.4, -0.2) is 71.3 Å². The molecule has 0 aromatic heterocycles. The molecular weight excluding hydrogens is 336 g/mol. The van der Waals surface area contributed by atoms with Gasteiger partial charge in [-0.15, -0.1) is 0 Å². The maximum atomic E-state index is 12.2. The quantitative estimate of drug-likeness (QED) is 0.705. The van der Waals surface area contributed by atoms with Gasteiger partial charge >= 0.3 is 6.09 Å². The molecule has 1 saturated carbocycles. The van der Waals surface area contributed by atoms with Crippen LogP contribution in [-0.2, 0) is 4.74 Å². The summed E-state index contributed by atoms with van der Waals surface area (Å²) in [4.78, 5) is 14.0. The van der Waals surface area contributed by atoms with E-state index in [0.717, 1.165) is 0 Å². The van der Waals surface area contributed by atoms with Gasteiger partial charge in [0.2, 0.25) is 0 Å². The lowest BCUT2D eigenvalue weighted by Crippen LogP contribution is -2.53. The highest BCUT2D eigenvalue weighted by Crippen LogP contribution is 2.29. The molecule has 4 atom stereocenters. The van der Waals surface area contributed by atoms with Gasteiger partial charge in [-0.05, 0) is 40.0 Å². The lowest BCUT2D eigenvalue weighted by Gasteiger charge is -2.32. The third-order valence-electron chi connectivity index (χ3n) is 4.32. The Labute approximate surface area is 154 Å². The molecule has 7 heteroatoms. The summed E-state index contributed by atoms with van der Waals surface area (Å²) in [7, 11) is 1.80. The van der Waals surface area contributed by atoms with Gasteiger partial charge in [-0.1, -0.05) is 18.2 Å². The number of nitrogens with one attached hydrogen (secondary N) is 1. The summed E-state index contributed by atoms with van der Waals surface area (Å²) in [5, 5.41) is 22.9. The van der Waals surface area contributed by atoms with E-state index < -0.39 is 23.9 Å². The second-order valence-corrected chi connectivity index (χ2v) is 7.64. The predicted molar refractivity (Wildman–Crippen MR) is 98.1 cm³/mol. The van der Waals surface area contributed by atoms with Gasteiger partial charge in [0.15, 0.2) is 0 Å². The number of benzene rings is 1. The van der Waals surface area contributed by atoms with E-state index in [-0.39, 0.29) is 18.7 Å². The summed E-state index contributed by atoms with van der Waals surface area (Å²) in [5.74, 6) is 0.665. The largest absolute Gasteiger partial charge is 0.488 e. The van der Waals surface area contributed by atoms with Gasteiger partial charge in [-0.2, -0.15) is 0 Å². The Balaban J connectivity index is 2.11. The molecule has 0 spiro atoms. The Morgan fingerprint density at radius 2 is 1.96 bits per heavy atom. The van der Waals surface area contributed by atoms with Gasteiger partial charge in [0.1, 0.15) is 23.6 Å². The van der Waals surface area contributed by atoms with E-state index in [1.807, 2.05) is 35.2 Å². The maximum Gasteiger partial charge on any atom is 0.407 e. The van der Waals surface area contributed by atoms with Crippen LogP contribution < -0.4 is 10.1 Å². The smallest absolute Gasteiger partial charge is 0.407 e. The first kappa shape index (κ1) is 20.5. The molecule has 7 nitrogen and oxygen atoms in total. The number of ether oxygens (including phenoxy) is 2. The average Bonchev–Trinajstić information content (AvgIpc) is 2.82.